The number of alkyl halides is 3. The molecule has 2 rings (SSSR count). The molecule has 0 spiro atoms. The normalized spacial score (nSPS) is 12.9. The molecule has 0 unspecified atom stereocenters. The van der Waals surface area contributed by atoms with Crippen LogP contribution in [0.25, 0.3) is 0 Å². The van der Waals surface area contributed by atoms with Gasteiger partial charge in [0, 0.05) is 12.0 Å². The second-order valence-corrected chi connectivity index (χ2v) is 9.64. The molecule has 0 saturated carbocycles. The first-order valence-corrected chi connectivity index (χ1v) is 11.2. The summed E-state index contributed by atoms with van der Waals surface area (Å²) in [6.45, 7) is 8.69. The van der Waals surface area contributed by atoms with Crippen LogP contribution in [-0.4, -0.2) is 28.8 Å². The molecule has 0 aliphatic rings. The van der Waals surface area contributed by atoms with Crippen molar-refractivity contribution in [3.63, 3.8) is 0 Å². The van der Waals surface area contributed by atoms with E-state index in [1.807, 2.05) is 12.1 Å². The van der Waals surface area contributed by atoms with E-state index in [4.69, 9.17) is 20.6 Å². The van der Waals surface area contributed by atoms with E-state index in [1.54, 1.807) is 46.8 Å². The first-order valence-electron chi connectivity index (χ1n) is 11.2. The van der Waals surface area contributed by atoms with Crippen LogP contribution in [0.15, 0.2) is 53.5 Å². The van der Waals surface area contributed by atoms with Gasteiger partial charge >= 0.3 is 12.1 Å². The maximum atomic E-state index is 12.7. The van der Waals surface area contributed by atoms with E-state index in [0.29, 0.717) is 25.0 Å². The first kappa shape index (κ1) is 27.9. The number of rotatable bonds is 8. The Balaban J connectivity index is 1.87. The molecule has 0 amide bonds. The van der Waals surface area contributed by atoms with Crippen molar-refractivity contribution in [2.24, 2.45) is 10.7 Å². The number of esters is 1. The summed E-state index contributed by atoms with van der Waals surface area (Å²) in [7, 11) is 0. The molecule has 0 aliphatic carbocycles. The highest BCUT2D eigenvalue weighted by atomic mass is 19.4. The highest BCUT2D eigenvalue weighted by Gasteiger charge is 2.34. The van der Waals surface area contributed by atoms with E-state index in [2.05, 4.69) is 4.99 Å². The topological polar surface area (TPSA) is 97.8 Å². The van der Waals surface area contributed by atoms with Crippen molar-refractivity contribution in [3.8, 4) is 5.75 Å². The quantitative estimate of drug-likeness (QED) is 0.272. The fourth-order valence-corrected chi connectivity index (χ4v) is 3.02. The number of aryl methyl sites for hydroxylation is 1. The number of carbonyl (C=O) groups is 1. The summed E-state index contributed by atoms with van der Waals surface area (Å²) in [4.78, 5) is 16.3. The lowest BCUT2D eigenvalue weighted by atomic mass is 10.1. The van der Waals surface area contributed by atoms with Crippen molar-refractivity contribution in [2.45, 2.75) is 71.3 Å². The average Bonchev–Trinajstić information content (AvgIpc) is 2.73. The number of halogens is 3. The van der Waals surface area contributed by atoms with Gasteiger partial charge in [-0.1, -0.05) is 24.3 Å². The minimum atomic E-state index is -4.43. The van der Waals surface area contributed by atoms with Crippen molar-refractivity contribution in [1.29, 1.82) is 5.41 Å². The summed E-state index contributed by atoms with van der Waals surface area (Å²) in [5.41, 5.74) is 4.66. The van der Waals surface area contributed by atoms with Gasteiger partial charge in [-0.3, -0.25) is 5.41 Å². The highest BCUT2D eigenvalue weighted by Crippen LogP contribution is 2.29. The molecule has 0 aromatic heterocycles. The molecule has 0 fully saturated rings. The molecule has 0 radical (unpaired) electrons. The molecule has 2 aromatic rings. The molecule has 0 heterocycles. The predicted octanol–water partition coefficient (Wildman–Crippen LogP) is 5.91. The van der Waals surface area contributed by atoms with Crippen LogP contribution < -0.4 is 10.5 Å². The molecule has 0 bridgehead atoms. The lowest BCUT2D eigenvalue weighted by Crippen LogP contribution is -2.43. The van der Waals surface area contributed by atoms with Crippen molar-refractivity contribution in [3.05, 3.63) is 65.2 Å². The maximum Gasteiger partial charge on any atom is 0.416 e. The Kier molecular flexibility index (Phi) is 8.70. The summed E-state index contributed by atoms with van der Waals surface area (Å²) in [6.07, 6.45) is -2.65. The van der Waals surface area contributed by atoms with Gasteiger partial charge in [-0.15, -0.1) is 0 Å². The van der Waals surface area contributed by atoms with Gasteiger partial charge in [0.1, 0.15) is 17.2 Å². The van der Waals surface area contributed by atoms with E-state index in [9.17, 15) is 18.0 Å². The third-order valence-corrected chi connectivity index (χ3v) is 4.83. The Bertz CT molecular complexity index is 1050. The summed E-state index contributed by atoms with van der Waals surface area (Å²) < 4.78 is 49.2. The van der Waals surface area contributed by atoms with E-state index >= 15 is 0 Å². The number of nitrogens with two attached hydrogens (primary N) is 1. The van der Waals surface area contributed by atoms with Gasteiger partial charge in [0.15, 0.2) is 11.4 Å². The zero-order valence-corrected chi connectivity index (χ0v) is 20.6. The van der Waals surface area contributed by atoms with Crippen LogP contribution in [0.4, 0.5) is 13.2 Å². The minimum absolute atomic E-state index is 0.190. The van der Waals surface area contributed by atoms with Crippen LogP contribution >= 0.6 is 0 Å². The Morgan fingerprint density at radius 3 is 2.06 bits per heavy atom. The van der Waals surface area contributed by atoms with Crippen molar-refractivity contribution >= 4 is 17.6 Å². The Morgan fingerprint density at radius 1 is 0.971 bits per heavy atom. The molecule has 35 heavy (non-hydrogen) atoms. The maximum absolute atomic E-state index is 12.7. The lowest BCUT2D eigenvalue weighted by molar-refractivity contribution is -0.170. The monoisotopic (exact) mass is 491 g/mol. The number of nitrogens with one attached hydrogen (secondary N) is 1. The third-order valence-electron chi connectivity index (χ3n) is 4.83. The molecule has 190 valence electrons. The standard InChI is InChI=1S/C26H32F3N3O3/c1-24(2,3)35-23(33)25(4,5)34-20-15-9-17(10-16-20)7-6-8-21(30)32-22(31)18-11-13-19(14-12-18)26(27,28)29/h9-16H,6-8H2,1-5H3,(H3,30,31,32). The van der Waals surface area contributed by atoms with Gasteiger partial charge in [0.25, 0.3) is 0 Å². The van der Waals surface area contributed by atoms with Crippen molar-refractivity contribution < 1.29 is 27.4 Å². The Labute approximate surface area is 203 Å². The van der Waals surface area contributed by atoms with Crippen LogP contribution in [0, 0.1) is 5.41 Å². The largest absolute Gasteiger partial charge is 0.476 e. The van der Waals surface area contributed by atoms with E-state index in [0.717, 1.165) is 17.7 Å². The number of aliphatic imine (C=N–C) groups is 1. The second kappa shape index (κ2) is 10.9. The molecule has 9 heteroatoms. The Hall–Kier alpha value is -3.36. The molecule has 2 aromatic carbocycles. The molecular formula is C26H32F3N3O3. The van der Waals surface area contributed by atoms with E-state index < -0.39 is 28.9 Å². The zero-order chi connectivity index (χ0) is 26.4. The molecule has 0 aliphatic heterocycles. The van der Waals surface area contributed by atoms with Crippen LogP contribution in [0.3, 0.4) is 0 Å². The van der Waals surface area contributed by atoms with E-state index in [1.165, 1.54) is 12.1 Å². The summed E-state index contributed by atoms with van der Waals surface area (Å²) in [5.74, 6) is 0.126. The zero-order valence-electron chi connectivity index (χ0n) is 20.6. The number of benzene rings is 2. The molecule has 0 saturated heterocycles. The average molecular weight is 492 g/mol. The van der Waals surface area contributed by atoms with Gasteiger partial charge in [0.05, 0.1) is 5.56 Å². The molecule has 0 atom stereocenters. The predicted molar refractivity (Wildman–Crippen MR) is 130 cm³/mol. The SMILES string of the molecule is CC(C)(C)OC(=O)C(C)(C)Oc1ccc(CCCC(N)=NC(=N)c2ccc(C(F)(F)F)cc2)cc1. The highest BCUT2D eigenvalue weighted by molar-refractivity contribution is 6.04. The van der Waals surface area contributed by atoms with Crippen LogP contribution in [0.2, 0.25) is 0 Å². The number of hydrogen-bond acceptors (Lipinski definition) is 4. The fraction of sp³-hybridized carbons (Fsp3) is 0.423. The number of amidine groups is 2. The van der Waals surface area contributed by atoms with Crippen molar-refractivity contribution in [1.82, 2.24) is 0 Å². The minimum Gasteiger partial charge on any atom is -0.476 e. The smallest absolute Gasteiger partial charge is 0.416 e. The number of nitrogens with zero attached hydrogens (tertiary/aromatic N) is 1. The Morgan fingerprint density at radius 2 is 1.54 bits per heavy atom. The van der Waals surface area contributed by atoms with Crippen LogP contribution in [0.5, 0.6) is 5.75 Å². The lowest BCUT2D eigenvalue weighted by Gasteiger charge is -2.29. The summed E-state index contributed by atoms with van der Waals surface area (Å²) in [5, 5.41) is 7.96. The molecule has 6 nitrogen and oxygen atoms in total. The third kappa shape index (κ3) is 9.07. The molecule has 3 N–H and O–H groups in total. The number of ether oxygens (including phenoxy) is 2. The summed E-state index contributed by atoms with van der Waals surface area (Å²) >= 11 is 0. The number of carbonyl (C=O) groups excluding carboxylic acids is 1. The van der Waals surface area contributed by atoms with Gasteiger partial charge in [0.2, 0.25) is 0 Å². The van der Waals surface area contributed by atoms with Gasteiger partial charge in [-0.2, -0.15) is 13.2 Å². The number of hydrogen-bond donors (Lipinski definition) is 2. The van der Waals surface area contributed by atoms with Crippen LogP contribution in [0.1, 0.15) is 64.2 Å². The summed E-state index contributed by atoms with van der Waals surface area (Å²) in [6, 6.07) is 11.6. The fourth-order valence-electron chi connectivity index (χ4n) is 3.02. The molecular weight excluding hydrogens is 459 g/mol. The van der Waals surface area contributed by atoms with Crippen LogP contribution in [-0.2, 0) is 22.1 Å². The second-order valence-electron chi connectivity index (χ2n) is 9.64. The van der Waals surface area contributed by atoms with E-state index in [-0.39, 0.29) is 17.2 Å². The van der Waals surface area contributed by atoms with Gasteiger partial charge in [-0.05, 0) is 77.3 Å². The van der Waals surface area contributed by atoms with Crippen molar-refractivity contribution in [2.75, 3.05) is 0 Å². The van der Waals surface area contributed by atoms with Gasteiger partial charge in [-0.25, -0.2) is 9.79 Å². The van der Waals surface area contributed by atoms with Gasteiger partial charge < -0.3 is 15.2 Å². The first-order chi connectivity index (χ1) is 16.1.